The van der Waals surface area contributed by atoms with Crippen LogP contribution in [0.15, 0.2) is 12.5 Å². The van der Waals surface area contributed by atoms with Crippen LogP contribution in [0.3, 0.4) is 0 Å². The predicted molar refractivity (Wildman–Crippen MR) is 121 cm³/mol. The van der Waals surface area contributed by atoms with Crippen LogP contribution in [0, 0.1) is 0 Å². The summed E-state index contributed by atoms with van der Waals surface area (Å²) in [5.74, 6) is -2.94. The molecule has 11 N–H and O–H groups in total. The van der Waals surface area contributed by atoms with Crippen LogP contribution in [0.1, 0.15) is 44.2 Å². The van der Waals surface area contributed by atoms with E-state index in [9.17, 15) is 24.3 Å². The number of aliphatic carboxylic acids is 1. The van der Waals surface area contributed by atoms with Crippen LogP contribution in [0.25, 0.3) is 0 Å². The normalized spacial score (nSPS) is 13.5. The number of nitrogens with two attached hydrogens (primary N) is 3. The Morgan fingerprint density at radius 3 is 2.21 bits per heavy atom. The van der Waals surface area contributed by atoms with Crippen LogP contribution < -0.4 is 33.2 Å². The average molecular weight is 469 g/mol. The highest BCUT2D eigenvalue weighted by atomic mass is 16.4. The monoisotopic (exact) mass is 468 g/mol. The van der Waals surface area contributed by atoms with Crippen LogP contribution in [0.2, 0.25) is 0 Å². The summed E-state index contributed by atoms with van der Waals surface area (Å²) in [7, 11) is 0. The standard InChI is InChI=1S/C20H36N8O5/c21-7-3-1-5-14(23)18(30)28-16(9-13-10-24-12-26-13)19(31)25-11-17(29)27-15(20(32)33)6-2-4-8-22/h10,12,14-16H,1-9,11,21-23H2,(H,24,26)(H,25,31)(H,27,29)(H,28,30)(H,32,33). The van der Waals surface area contributed by atoms with E-state index in [-0.39, 0.29) is 12.8 Å². The molecule has 0 aliphatic heterocycles. The molecule has 3 amide bonds. The molecule has 0 spiro atoms. The Balaban J connectivity index is 2.66. The molecule has 0 radical (unpaired) electrons. The number of unbranched alkanes of at least 4 members (excludes halogenated alkanes) is 2. The minimum Gasteiger partial charge on any atom is -0.480 e. The number of carboxylic acid groups (broad SMARTS) is 1. The van der Waals surface area contributed by atoms with Crippen LogP contribution in [0.5, 0.6) is 0 Å². The number of H-pyrrole nitrogens is 1. The molecule has 0 fully saturated rings. The number of rotatable bonds is 17. The van der Waals surface area contributed by atoms with Crippen LogP contribution >= 0.6 is 0 Å². The smallest absolute Gasteiger partial charge is 0.326 e. The lowest BCUT2D eigenvalue weighted by atomic mass is 10.1. The van der Waals surface area contributed by atoms with Crippen molar-refractivity contribution in [3.8, 4) is 0 Å². The summed E-state index contributed by atoms with van der Waals surface area (Å²) in [6.45, 7) is 0.477. The van der Waals surface area contributed by atoms with Crippen molar-refractivity contribution in [2.24, 2.45) is 17.2 Å². The number of carbonyl (C=O) groups excluding carboxylic acids is 3. The summed E-state index contributed by atoms with van der Waals surface area (Å²) in [6, 6.07) is -2.89. The molecule has 13 heteroatoms. The van der Waals surface area contributed by atoms with E-state index in [4.69, 9.17) is 17.2 Å². The largest absolute Gasteiger partial charge is 0.480 e. The summed E-state index contributed by atoms with van der Waals surface area (Å²) in [5, 5.41) is 16.7. The van der Waals surface area contributed by atoms with Crippen molar-refractivity contribution in [1.29, 1.82) is 0 Å². The molecule has 1 aromatic heterocycles. The molecule has 186 valence electrons. The molecule has 0 saturated heterocycles. The van der Waals surface area contributed by atoms with E-state index < -0.39 is 48.4 Å². The molecule has 0 saturated carbocycles. The number of imidazole rings is 1. The average Bonchev–Trinajstić information content (AvgIpc) is 3.29. The van der Waals surface area contributed by atoms with E-state index in [2.05, 4.69) is 25.9 Å². The summed E-state index contributed by atoms with van der Waals surface area (Å²) < 4.78 is 0. The zero-order chi connectivity index (χ0) is 24.6. The minimum absolute atomic E-state index is 0.103. The zero-order valence-electron chi connectivity index (χ0n) is 18.7. The number of nitrogens with zero attached hydrogens (tertiary/aromatic N) is 1. The second-order valence-electron chi connectivity index (χ2n) is 7.69. The van der Waals surface area contributed by atoms with Crippen LogP contribution in [0.4, 0.5) is 0 Å². The lowest BCUT2D eigenvalue weighted by Gasteiger charge is -2.21. The van der Waals surface area contributed by atoms with Crippen molar-refractivity contribution in [3.63, 3.8) is 0 Å². The fraction of sp³-hybridized carbons (Fsp3) is 0.650. The van der Waals surface area contributed by atoms with Gasteiger partial charge in [-0.2, -0.15) is 0 Å². The van der Waals surface area contributed by atoms with Gasteiger partial charge in [0.2, 0.25) is 17.7 Å². The van der Waals surface area contributed by atoms with Gasteiger partial charge >= 0.3 is 5.97 Å². The van der Waals surface area contributed by atoms with Crippen LogP contribution in [-0.2, 0) is 25.6 Å². The Labute approximate surface area is 192 Å². The maximum Gasteiger partial charge on any atom is 0.326 e. The molecule has 0 aliphatic carbocycles. The predicted octanol–water partition coefficient (Wildman–Crippen LogP) is -2.29. The number of carboxylic acids is 1. The molecular weight excluding hydrogens is 432 g/mol. The van der Waals surface area contributed by atoms with Crippen molar-refractivity contribution in [3.05, 3.63) is 18.2 Å². The van der Waals surface area contributed by atoms with Gasteiger partial charge in [0.25, 0.3) is 0 Å². The highest BCUT2D eigenvalue weighted by Gasteiger charge is 2.25. The van der Waals surface area contributed by atoms with E-state index in [0.29, 0.717) is 44.5 Å². The lowest BCUT2D eigenvalue weighted by molar-refractivity contribution is -0.142. The molecule has 3 unspecified atom stereocenters. The number of carbonyl (C=O) groups is 4. The van der Waals surface area contributed by atoms with Gasteiger partial charge in [-0.15, -0.1) is 0 Å². The van der Waals surface area contributed by atoms with Crippen molar-refractivity contribution < 1.29 is 24.3 Å². The molecule has 0 aliphatic rings. The Bertz CT molecular complexity index is 743. The number of aromatic nitrogens is 2. The van der Waals surface area contributed by atoms with Crippen molar-refractivity contribution in [2.45, 2.75) is 63.1 Å². The number of nitrogens with one attached hydrogen (secondary N) is 4. The Morgan fingerprint density at radius 1 is 0.970 bits per heavy atom. The summed E-state index contributed by atoms with van der Waals surface area (Å²) in [5.41, 5.74) is 17.4. The Morgan fingerprint density at radius 2 is 1.64 bits per heavy atom. The summed E-state index contributed by atoms with van der Waals surface area (Å²) in [6.07, 6.45) is 6.30. The number of hydrogen-bond donors (Lipinski definition) is 8. The highest BCUT2D eigenvalue weighted by Crippen LogP contribution is 2.03. The highest BCUT2D eigenvalue weighted by molar-refractivity contribution is 5.92. The van der Waals surface area contributed by atoms with E-state index in [1.165, 1.54) is 12.5 Å². The van der Waals surface area contributed by atoms with E-state index in [1.54, 1.807) is 0 Å². The third kappa shape index (κ3) is 11.4. The molecule has 33 heavy (non-hydrogen) atoms. The van der Waals surface area contributed by atoms with Crippen LogP contribution in [-0.4, -0.2) is 76.5 Å². The number of hydrogen-bond acceptors (Lipinski definition) is 8. The fourth-order valence-electron chi connectivity index (χ4n) is 3.03. The lowest BCUT2D eigenvalue weighted by Crippen LogP contribution is -2.54. The molecule has 1 rings (SSSR count). The summed E-state index contributed by atoms with van der Waals surface area (Å²) in [4.78, 5) is 55.4. The first kappa shape index (κ1) is 28.0. The van der Waals surface area contributed by atoms with Crippen molar-refractivity contribution in [2.75, 3.05) is 19.6 Å². The first-order valence-electron chi connectivity index (χ1n) is 11.0. The molecule has 0 bridgehead atoms. The number of aromatic amines is 1. The second kappa shape index (κ2) is 15.7. The topological polar surface area (TPSA) is 231 Å². The third-order valence-corrected chi connectivity index (χ3v) is 4.92. The van der Waals surface area contributed by atoms with Gasteiger partial charge in [-0.25, -0.2) is 9.78 Å². The van der Waals surface area contributed by atoms with Crippen molar-refractivity contribution >= 4 is 23.7 Å². The first-order valence-corrected chi connectivity index (χ1v) is 11.0. The van der Waals surface area contributed by atoms with Gasteiger partial charge < -0.3 is 43.2 Å². The van der Waals surface area contributed by atoms with E-state index in [0.717, 1.165) is 6.42 Å². The molecular formula is C20H36N8O5. The fourth-order valence-corrected chi connectivity index (χ4v) is 3.03. The van der Waals surface area contributed by atoms with Crippen molar-refractivity contribution in [1.82, 2.24) is 25.9 Å². The van der Waals surface area contributed by atoms with E-state index >= 15 is 0 Å². The SMILES string of the molecule is NCCCCC(N)C(=O)NC(Cc1cnc[nH]1)C(=O)NCC(=O)NC(CCCCN)C(=O)O. The van der Waals surface area contributed by atoms with Gasteiger partial charge in [0, 0.05) is 18.3 Å². The van der Waals surface area contributed by atoms with Gasteiger partial charge in [-0.05, 0) is 45.2 Å². The first-order chi connectivity index (χ1) is 15.8. The molecule has 3 atom stereocenters. The molecule has 1 heterocycles. The Hall–Kier alpha value is -3.03. The third-order valence-electron chi connectivity index (χ3n) is 4.92. The Kier molecular flexibility index (Phi) is 13.3. The van der Waals surface area contributed by atoms with Gasteiger partial charge in [0.1, 0.15) is 12.1 Å². The van der Waals surface area contributed by atoms with Gasteiger partial charge in [-0.1, -0.05) is 6.42 Å². The number of amides is 3. The zero-order valence-corrected chi connectivity index (χ0v) is 18.7. The molecule has 1 aromatic rings. The molecule has 0 aromatic carbocycles. The van der Waals surface area contributed by atoms with E-state index in [1.807, 2.05) is 0 Å². The quantitative estimate of drug-likeness (QED) is 0.115. The van der Waals surface area contributed by atoms with Gasteiger partial charge in [-0.3, -0.25) is 14.4 Å². The summed E-state index contributed by atoms with van der Waals surface area (Å²) >= 11 is 0. The van der Waals surface area contributed by atoms with Gasteiger partial charge in [0.15, 0.2) is 0 Å². The van der Waals surface area contributed by atoms with Gasteiger partial charge in [0.05, 0.1) is 18.9 Å². The molecule has 13 nitrogen and oxygen atoms in total. The maximum atomic E-state index is 12.7. The minimum atomic E-state index is -1.17. The second-order valence-corrected chi connectivity index (χ2v) is 7.69. The maximum absolute atomic E-state index is 12.7.